The van der Waals surface area contributed by atoms with Crippen molar-refractivity contribution in [1.29, 1.82) is 0 Å². The highest BCUT2D eigenvalue weighted by atomic mass is 127. The Kier molecular flexibility index (Phi) is 5.34. The topological polar surface area (TPSA) is 62.7 Å². The summed E-state index contributed by atoms with van der Waals surface area (Å²) in [7, 11) is 0. The third-order valence-corrected chi connectivity index (χ3v) is 4.81. The first kappa shape index (κ1) is 16.5. The van der Waals surface area contributed by atoms with Crippen LogP contribution >= 0.6 is 23.0 Å². The number of halogens is 1. The molecule has 1 atom stereocenters. The summed E-state index contributed by atoms with van der Waals surface area (Å²) >= 11 is 1.62. The van der Waals surface area contributed by atoms with E-state index in [9.17, 15) is 9.59 Å². The second-order valence-electron chi connectivity index (χ2n) is 6.23. The number of likely N-dealkylation sites (tertiary alicyclic amines) is 1. The molecule has 0 radical (unpaired) electrons. The molecule has 2 heterocycles. The number of carbonyl (C=O) groups is 2. The molecule has 1 unspecified atom stereocenters. The third-order valence-electron chi connectivity index (χ3n) is 4.43. The van der Waals surface area contributed by atoms with E-state index < -0.39 is 0 Å². The second-order valence-corrected chi connectivity index (χ2v) is 6.67. The zero-order chi connectivity index (χ0) is 16.2. The van der Waals surface area contributed by atoms with Gasteiger partial charge in [0.05, 0.1) is 11.9 Å². The van der Waals surface area contributed by atoms with Crippen LogP contribution in [0.25, 0.3) is 0 Å². The van der Waals surface area contributed by atoms with Gasteiger partial charge in [0.1, 0.15) is 0 Å². The van der Waals surface area contributed by atoms with E-state index >= 15 is 0 Å². The van der Waals surface area contributed by atoms with Crippen molar-refractivity contribution in [2.24, 2.45) is 11.8 Å². The van der Waals surface area contributed by atoms with Crippen molar-refractivity contribution in [2.45, 2.75) is 25.7 Å². The third kappa shape index (κ3) is 4.13. The number of rotatable bonds is 4. The summed E-state index contributed by atoms with van der Waals surface area (Å²) in [6, 6.07) is 3.77. The number of hydrogen-bond acceptors (Lipinski definition) is 4. The highest BCUT2D eigenvalue weighted by Gasteiger charge is 2.36. The molecule has 1 saturated heterocycles. The van der Waals surface area contributed by atoms with Crippen molar-refractivity contribution in [1.82, 2.24) is 9.88 Å². The fraction of sp³-hybridized carbons (Fsp3) is 0.562. The van der Waals surface area contributed by atoms with Gasteiger partial charge in [-0.15, -0.1) is 0 Å². The molecule has 2 amide bonds. The van der Waals surface area contributed by atoms with Crippen LogP contribution in [0.15, 0.2) is 24.5 Å². The lowest BCUT2D eigenvalue weighted by molar-refractivity contribution is -0.120. The second kappa shape index (κ2) is 7.46. The highest BCUT2D eigenvalue weighted by molar-refractivity contribution is 14.1. The van der Waals surface area contributed by atoms with Crippen LogP contribution in [0, 0.1) is 11.8 Å². The van der Waals surface area contributed by atoms with Crippen LogP contribution in [-0.2, 0) is 7.86 Å². The molecular weight excluding hydrogens is 409 g/mol. The van der Waals surface area contributed by atoms with Crippen LogP contribution < -0.4 is 4.90 Å². The minimum absolute atomic E-state index is 0.161. The molecule has 6 nitrogen and oxygen atoms in total. The predicted octanol–water partition coefficient (Wildman–Crippen LogP) is 3.02. The Morgan fingerprint density at radius 1 is 1.39 bits per heavy atom. The van der Waals surface area contributed by atoms with Crippen molar-refractivity contribution in [3.05, 3.63) is 24.5 Å². The van der Waals surface area contributed by atoms with Gasteiger partial charge in [0.2, 0.25) is 5.91 Å². The maximum Gasteiger partial charge on any atom is 0.419 e. The van der Waals surface area contributed by atoms with E-state index in [1.807, 2.05) is 17.0 Å². The van der Waals surface area contributed by atoms with Crippen LogP contribution in [0.2, 0.25) is 0 Å². The maximum absolute atomic E-state index is 12.6. The molecule has 3 rings (SSSR count). The van der Waals surface area contributed by atoms with Gasteiger partial charge < -0.3 is 12.9 Å². The fourth-order valence-electron chi connectivity index (χ4n) is 3.07. The molecule has 1 saturated carbocycles. The SMILES string of the molecule is O=C(OI)N1CCCC(CN(C(=O)C2CC2)c2cccnc2)C1. The van der Waals surface area contributed by atoms with Crippen molar-refractivity contribution in [3.8, 4) is 0 Å². The molecule has 2 aliphatic rings. The Bertz CT molecular complexity index is 565. The first-order valence-corrected chi connectivity index (χ1v) is 8.86. The zero-order valence-corrected chi connectivity index (χ0v) is 15.0. The van der Waals surface area contributed by atoms with Gasteiger partial charge in [0.25, 0.3) is 0 Å². The standard InChI is InChI=1S/C16H20IN3O3/c17-23-16(22)19-8-2-3-12(10-19)11-20(15(21)13-5-6-13)14-4-1-7-18-9-14/h1,4,7,9,12-13H,2-3,5-6,8,10-11H2. The Labute approximate surface area is 149 Å². The van der Waals surface area contributed by atoms with Crippen LogP contribution in [0.1, 0.15) is 25.7 Å². The van der Waals surface area contributed by atoms with Gasteiger partial charge in [0.15, 0.2) is 23.0 Å². The lowest BCUT2D eigenvalue weighted by Crippen LogP contribution is -2.45. The van der Waals surface area contributed by atoms with Crippen LogP contribution in [0.5, 0.6) is 0 Å². The van der Waals surface area contributed by atoms with Gasteiger partial charge in [-0.2, -0.15) is 0 Å². The van der Waals surface area contributed by atoms with Gasteiger partial charge in [-0.3, -0.25) is 9.78 Å². The molecule has 1 aliphatic carbocycles. The molecule has 0 bridgehead atoms. The fourth-order valence-corrected chi connectivity index (χ4v) is 3.35. The Morgan fingerprint density at radius 3 is 2.87 bits per heavy atom. The van der Waals surface area contributed by atoms with E-state index in [4.69, 9.17) is 3.07 Å². The van der Waals surface area contributed by atoms with Gasteiger partial charge in [0, 0.05) is 31.7 Å². The maximum atomic E-state index is 12.6. The van der Waals surface area contributed by atoms with Crippen LogP contribution in [0.3, 0.4) is 0 Å². The van der Waals surface area contributed by atoms with Crippen molar-refractivity contribution in [2.75, 3.05) is 24.5 Å². The summed E-state index contributed by atoms with van der Waals surface area (Å²) in [5.74, 6) is 0.614. The lowest BCUT2D eigenvalue weighted by Gasteiger charge is -2.34. The number of aromatic nitrogens is 1. The van der Waals surface area contributed by atoms with Crippen molar-refractivity contribution >= 4 is 40.7 Å². The molecule has 1 aromatic rings. The van der Waals surface area contributed by atoms with E-state index in [1.54, 1.807) is 40.3 Å². The van der Waals surface area contributed by atoms with Gasteiger partial charge in [-0.25, -0.2) is 4.79 Å². The first-order chi connectivity index (χ1) is 11.2. The monoisotopic (exact) mass is 429 g/mol. The zero-order valence-electron chi connectivity index (χ0n) is 12.9. The minimum Gasteiger partial charge on any atom is -0.378 e. The summed E-state index contributed by atoms with van der Waals surface area (Å²) in [5.41, 5.74) is 0.845. The molecule has 0 spiro atoms. The summed E-state index contributed by atoms with van der Waals surface area (Å²) in [6.07, 6.45) is 7.06. The molecule has 2 fully saturated rings. The number of hydrogen-bond donors (Lipinski definition) is 0. The molecule has 1 aliphatic heterocycles. The van der Waals surface area contributed by atoms with Crippen molar-refractivity contribution < 1.29 is 12.7 Å². The summed E-state index contributed by atoms with van der Waals surface area (Å²) in [5, 5.41) is 0. The smallest absolute Gasteiger partial charge is 0.378 e. The van der Waals surface area contributed by atoms with E-state index in [0.29, 0.717) is 13.1 Å². The van der Waals surface area contributed by atoms with E-state index in [1.165, 1.54) is 0 Å². The number of nitrogens with zero attached hydrogens (tertiary/aromatic N) is 3. The Balaban J connectivity index is 1.70. The predicted molar refractivity (Wildman–Crippen MR) is 94.1 cm³/mol. The average Bonchev–Trinajstić information content (AvgIpc) is 3.44. The average molecular weight is 429 g/mol. The minimum atomic E-state index is -0.295. The van der Waals surface area contributed by atoms with E-state index in [-0.39, 0.29) is 23.8 Å². The van der Waals surface area contributed by atoms with Crippen LogP contribution in [-0.4, -0.2) is 41.5 Å². The summed E-state index contributed by atoms with van der Waals surface area (Å²) in [4.78, 5) is 32.1. The molecule has 23 heavy (non-hydrogen) atoms. The van der Waals surface area contributed by atoms with E-state index in [2.05, 4.69) is 4.98 Å². The van der Waals surface area contributed by atoms with Gasteiger partial charge >= 0.3 is 6.09 Å². The molecule has 7 heteroatoms. The summed E-state index contributed by atoms with van der Waals surface area (Å²) < 4.78 is 4.79. The number of amides is 2. The normalized spacial score (nSPS) is 20.9. The van der Waals surface area contributed by atoms with E-state index in [0.717, 1.165) is 37.9 Å². The highest BCUT2D eigenvalue weighted by Crippen LogP contribution is 2.33. The van der Waals surface area contributed by atoms with Gasteiger partial charge in [-0.1, -0.05) is 0 Å². The quantitative estimate of drug-likeness (QED) is 0.691. The number of piperidine rings is 1. The number of anilines is 1. The first-order valence-electron chi connectivity index (χ1n) is 7.98. The number of pyridine rings is 1. The Hall–Kier alpha value is -1.38. The van der Waals surface area contributed by atoms with Gasteiger partial charge in [-0.05, 0) is 43.7 Å². The largest absolute Gasteiger partial charge is 0.419 e. The lowest BCUT2D eigenvalue weighted by atomic mass is 9.97. The van der Waals surface area contributed by atoms with Crippen LogP contribution in [0.4, 0.5) is 10.5 Å². The summed E-state index contributed by atoms with van der Waals surface area (Å²) in [6.45, 7) is 1.99. The molecule has 0 N–H and O–H groups in total. The molecule has 124 valence electrons. The molecular formula is C16H20IN3O3. The van der Waals surface area contributed by atoms with Crippen molar-refractivity contribution in [3.63, 3.8) is 0 Å². The molecule has 1 aromatic heterocycles. The Morgan fingerprint density at radius 2 is 2.22 bits per heavy atom. The molecule has 0 aromatic carbocycles. The number of carbonyl (C=O) groups excluding carboxylic acids is 2.